The zero-order valence-corrected chi connectivity index (χ0v) is 18.7. The van der Waals surface area contributed by atoms with E-state index in [1.54, 1.807) is 0 Å². The van der Waals surface area contributed by atoms with Crippen molar-refractivity contribution in [2.75, 3.05) is 0 Å². The number of fused-ring (bicyclic) bond motifs is 1. The van der Waals surface area contributed by atoms with Crippen LogP contribution in [0.2, 0.25) is 0 Å². The molecule has 0 aliphatic carbocycles. The molecule has 0 radical (unpaired) electrons. The summed E-state index contributed by atoms with van der Waals surface area (Å²) in [5, 5.41) is 0.213. The molecule has 0 amide bonds. The topological polar surface area (TPSA) is 44.2 Å². The number of aromatic nitrogens is 2. The van der Waals surface area contributed by atoms with Crippen molar-refractivity contribution in [2.45, 2.75) is 32.5 Å². The Hall–Kier alpha value is -3.34. The fraction of sp³-hybridized carbons (Fsp3) is 0.217. The third-order valence-corrected chi connectivity index (χ3v) is 6.22. The van der Waals surface area contributed by atoms with Gasteiger partial charge in [0.25, 0.3) is 0 Å². The van der Waals surface area contributed by atoms with Gasteiger partial charge < -0.3 is 9.47 Å². The van der Waals surface area contributed by atoms with Gasteiger partial charge in [-0.3, -0.25) is 0 Å². The van der Waals surface area contributed by atoms with E-state index in [0.717, 1.165) is 36.7 Å². The van der Waals surface area contributed by atoms with Crippen LogP contribution >= 0.6 is 11.3 Å². The molecule has 0 unspecified atom stereocenters. The molecule has 2 aromatic carbocycles. The molecule has 4 rings (SSSR count). The minimum absolute atomic E-state index is 0.213. The third-order valence-electron chi connectivity index (χ3n) is 4.70. The summed E-state index contributed by atoms with van der Waals surface area (Å²) in [6.45, 7) is 5.67. The van der Waals surface area contributed by atoms with Crippen LogP contribution in [-0.4, -0.2) is 16.3 Å². The number of alkyl halides is 3. The first-order valence-electron chi connectivity index (χ1n) is 9.80. The van der Waals surface area contributed by atoms with E-state index < -0.39 is 40.7 Å². The number of halogens is 6. The normalized spacial score (nSPS) is 12.3. The maximum atomic E-state index is 14.5. The van der Waals surface area contributed by atoms with Crippen LogP contribution in [0.5, 0.6) is 17.4 Å². The minimum Gasteiger partial charge on any atom is -0.431 e. The predicted molar refractivity (Wildman–Crippen MR) is 115 cm³/mol. The first-order chi connectivity index (χ1) is 15.8. The molecule has 2 heterocycles. The van der Waals surface area contributed by atoms with Crippen molar-refractivity contribution >= 4 is 21.6 Å². The molecule has 4 aromatic rings. The van der Waals surface area contributed by atoms with Crippen molar-refractivity contribution in [1.82, 2.24) is 9.97 Å². The molecule has 0 saturated carbocycles. The molecule has 0 aliphatic rings. The van der Waals surface area contributed by atoms with Crippen molar-refractivity contribution < 1.29 is 35.8 Å². The number of para-hydroxylation sites is 1. The van der Waals surface area contributed by atoms with E-state index >= 15 is 0 Å². The minimum atomic E-state index is -5.09. The summed E-state index contributed by atoms with van der Waals surface area (Å²) >= 11 is 1.23. The smallest absolute Gasteiger partial charge is 0.431 e. The lowest BCUT2D eigenvalue weighted by atomic mass is 9.88. The van der Waals surface area contributed by atoms with Crippen LogP contribution in [-0.2, 0) is 5.41 Å². The summed E-state index contributed by atoms with van der Waals surface area (Å²) in [6.07, 6.45) is -3.98. The van der Waals surface area contributed by atoms with E-state index in [0.29, 0.717) is 15.3 Å². The van der Waals surface area contributed by atoms with E-state index in [-0.39, 0.29) is 16.8 Å². The van der Waals surface area contributed by atoms with E-state index in [1.807, 2.05) is 20.8 Å². The first kappa shape index (κ1) is 23.8. The highest BCUT2D eigenvalue weighted by molar-refractivity contribution is 7.19. The molecule has 2 aromatic heterocycles. The molecular weight excluding hydrogens is 482 g/mol. The lowest BCUT2D eigenvalue weighted by Gasteiger charge is -2.19. The Morgan fingerprint density at radius 1 is 0.882 bits per heavy atom. The van der Waals surface area contributed by atoms with Gasteiger partial charge >= 0.3 is 6.36 Å². The van der Waals surface area contributed by atoms with Gasteiger partial charge in [0.2, 0.25) is 11.6 Å². The van der Waals surface area contributed by atoms with Gasteiger partial charge in [0.1, 0.15) is 11.2 Å². The summed E-state index contributed by atoms with van der Waals surface area (Å²) in [5.74, 6) is -5.26. The van der Waals surface area contributed by atoms with E-state index in [9.17, 15) is 26.3 Å². The van der Waals surface area contributed by atoms with Gasteiger partial charge in [0.15, 0.2) is 23.2 Å². The molecule has 0 fully saturated rings. The number of ether oxygens (including phenoxy) is 2. The maximum absolute atomic E-state index is 14.5. The Labute approximate surface area is 193 Å². The molecule has 11 heteroatoms. The molecule has 0 spiro atoms. The second kappa shape index (κ2) is 8.46. The van der Waals surface area contributed by atoms with Crippen molar-refractivity contribution in [3.8, 4) is 28.5 Å². The van der Waals surface area contributed by atoms with Crippen molar-refractivity contribution in [1.29, 1.82) is 0 Å². The third kappa shape index (κ3) is 4.65. The average Bonchev–Trinajstić information content (AvgIpc) is 3.13. The second-order valence-electron chi connectivity index (χ2n) is 8.26. The fourth-order valence-corrected chi connectivity index (χ4v) is 4.54. The Bertz CT molecular complexity index is 1380. The zero-order chi connectivity index (χ0) is 24.8. The Balaban J connectivity index is 1.97. The first-order valence-corrected chi connectivity index (χ1v) is 10.6. The lowest BCUT2D eigenvalue weighted by molar-refractivity contribution is -0.275. The number of thiophene rings is 1. The SMILES string of the molecule is CC(C)(C)c1sc2ncnc(Oc3c(F)cccc3OC(F)(F)F)c2c1-c1ccc(F)c(F)c1. The molecule has 0 aliphatic heterocycles. The van der Waals surface area contributed by atoms with Crippen LogP contribution < -0.4 is 9.47 Å². The molecule has 34 heavy (non-hydrogen) atoms. The number of rotatable bonds is 4. The Morgan fingerprint density at radius 3 is 2.26 bits per heavy atom. The summed E-state index contributed by atoms with van der Waals surface area (Å²) in [4.78, 5) is 9.28. The highest BCUT2D eigenvalue weighted by atomic mass is 32.1. The summed E-state index contributed by atoms with van der Waals surface area (Å²) in [6, 6.07) is 6.14. The molecule has 0 atom stereocenters. The number of hydrogen-bond acceptors (Lipinski definition) is 5. The monoisotopic (exact) mass is 498 g/mol. The molecule has 178 valence electrons. The maximum Gasteiger partial charge on any atom is 0.573 e. The van der Waals surface area contributed by atoms with Crippen LogP contribution in [0.15, 0.2) is 42.7 Å². The van der Waals surface area contributed by atoms with Gasteiger partial charge in [0.05, 0.1) is 5.39 Å². The quantitative estimate of drug-likeness (QED) is 0.270. The standard InChI is InChI=1S/C23H16F6N2O2S/c1-22(2,3)19-16(11-7-8-12(24)14(26)9-11)17-20(30-10-31-21(17)34-19)32-18-13(25)5-4-6-15(18)33-23(27,28)29/h4-10H,1-3H3. The highest BCUT2D eigenvalue weighted by Gasteiger charge is 2.34. The molecule has 0 saturated heterocycles. The van der Waals surface area contributed by atoms with Crippen LogP contribution in [0, 0.1) is 17.5 Å². The predicted octanol–water partition coefficient (Wildman–Crippen LogP) is 7.76. The Morgan fingerprint density at radius 2 is 1.62 bits per heavy atom. The summed E-state index contributed by atoms with van der Waals surface area (Å²) in [5.41, 5.74) is 0.178. The van der Waals surface area contributed by atoms with Crippen LogP contribution in [0.1, 0.15) is 25.6 Å². The van der Waals surface area contributed by atoms with E-state index in [4.69, 9.17) is 4.74 Å². The molecule has 0 N–H and O–H groups in total. The van der Waals surface area contributed by atoms with Gasteiger partial charge in [-0.1, -0.05) is 32.9 Å². The van der Waals surface area contributed by atoms with Crippen LogP contribution in [0.3, 0.4) is 0 Å². The summed E-state index contributed by atoms with van der Waals surface area (Å²) in [7, 11) is 0. The van der Waals surface area contributed by atoms with Crippen LogP contribution in [0.4, 0.5) is 26.3 Å². The van der Waals surface area contributed by atoms with Gasteiger partial charge in [-0.25, -0.2) is 23.1 Å². The van der Waals surface area contributed by atoms with Gasteiger partial charge in [-0.15, -0.1) is 24.5 Å². The molecule has 0 bridgehead atoms. The van der Waals surface area contributed by atoms with Gasteiger partial charge in [-0.2, -0.15) is 0 Å². The van der Waals surface area contributed by atoms with Crippen molar-refractivity contribution in [3.63, 3.8) is 0 Å². The zero-order valence-electron chi connectivity index (χ0n) is 17.9. The lowest BCUT2D eigenvalue weighted by Crippen LogP contribution is -2.17. The number of nitrogens with zero attached hydrogens (tertiary/aromatic N) is 2. The van der Waals surface area contributed by atoms with Crippen molar-refractivity contribution in [2.24, 2.45) is 0 Å². The summed E-state index contributed by atoms with van der Waals surface area (Å²) < 4.78 is 90.2. The van der Waals surface area contributed by atoms with Crippen molar-refractivity contribution in [3.05, 3.63) is 65.1 Å². The van der Waals surface area contributed by atoms with Gasteiger partial charge in [0, 0.05) is 10.4 Å². The average molecular weight is 498 g/mol. The van der Waals surface area contributed by atoms with Crippen LogP contribution in [0.25, 0.3) is 21.3 Å². The second-order valence-corrected chi connectivity index (χ2v) is 9.26. The van der Waals surface area contributed by atoms with E-state index in [1.165, 1.54) is 17.4 Å². The Kier molecular flexibility index (Phi) is 5.92. The number of benzene rings is 2. The number of hydrogen-bond donors (Lipinski definition) is 0. The molecular formula is C23H16F6N2O2S. The highest BCUT2D eigenvalue weighted by Crippen LogP contribution is 2.48. The molecule has 4 nitrogen and oxygen atoms in total. The van der Waals surface area contributed by atoms with Gasteiger partial charge in [-0.05, 0) is 35.2 Å². The fourth-order valence-electron chi connectivity index (χ4n) is 3.33. The van der Waals surface area contributed by atoms with E-state index in [2.05, 4.69) is 14.7 Å². The largest absolute Gasteiger partial charge is 0.573 e.